The molecule has 0 unspecified atom stereocenters. The molecule has 0 atom stereocenters. The van der Waals surface area contributed by atoms with Gasteiger partial charge in [0.2, 0.25) is 0 Å². The summed E-state index contributed by atoms with van der Waals surface area (Å²) in [6.07, 6.45) is 0. The Morgan fingerprint density at radius 3 is 1.00 bits per heavy atom. The monoisotopic (exact) mass is 154 g/mol. The molecule has 0 aromatic rings. The molecular weight excluding hydrogens is 138 g/mol. The Bertz CT molecular complexity index is 8.00. The summed E-state index contributed by atoms with van der Waals surface area (Å²) in [5.74, 6) is 0. The Kier molecular flexibility index (Phi) is 368. The van der Waals surface area contributed by atoms with Crippen LogP contribution in [0.5, 0.6) is 0 Å². The zero-order valence-electron chi connectivity index (χ0n) is 0. The summed E-state index contributed by atoms with van der Waals surface area (Å²) in [5, 5.41) is 0. The molecule has 28 valence electrons. The van der Waals surface area contributed by atoms with Crippen molar-refractivity contribution in [2.45, 2.75) is 0 Å². The van der Waals surface area contributed by atoms with Crippen LogP contribution < -0.4 is 0 Å². The molecule has 0 heterocycles. The molecule has 0 N–H and O–H groups in total. The molecule has 0 aliphatic heterocycles. The zero-order valence-corrected chi connectivity index (χ0v) is 0. The minimum absolute atomic E-state index is 0. The van der Waals surface area contributed by atoms with Crippen molar-refractivity contribution in [1.29, 1.82) is 0 Å². The molecule has 0 spiro atoms. The molecule has 4 heavy (non-hydrogen) atoms. The molecule has 0 saturated carbocycles. The van der Waals surface area contributed by atoms with Crippen LogP contribution in [0.15, 0.2) is 0 Å². The van der Waals surface area contributed by atoms with Gasteiger partial charge in [0, 0.05) is 0 Å². The van der Waals surface area contributed by atoms with Gasteiger partial charge in [-0.05, 0) is 11.0 Å². The molecule has 0 bridgehead atoms. The summed E-state index contributed by atoms with van der Waals surface area (Å²) >= 11 is 0. The quantitative estimate of drug-likeness (QED) is 0.305. The van der Waals surface area contributed by atoms with Crippen molar-refractivity contribution >= 4 is 54.3 Å². The van der Waals surface area contributed by atoms with E-state index in [1.54, 1.807) is 0 Å². The molecule has 0 aromatic carbocycles. The fraction of sp³-hybridized carbons (Fsp3) is 0. The van der Waals surface area contributed by atoms with E-state index in [9.17, 15) is 0 Å². The second-order valence-corrected chi connectivity index (χ2v) is 0. The van der Waals surface area contributed by atoms with Crippen LogP contribution in [0, 0.1) is 0 Å². The fourth-order valence-corrected chi connectivity index (χ4v) is 0. The Morgan fingerprint density at radius 2 is 1.00 bits per heavy atom. The van der Waals surface area contributed by atoms with Crippen LogP contribution in [0.2, 0.25) is 0 Å². The molecule has 0 amide bonds. The predicted molar refractivity (Wildman–Crippen MR) is 42.5 cm³/mol. The van der Waals surface area contributed by atoms with E-state index in [2.05, 4.69) is 0 Å². The van der Waals surface area contributed by atoms with Gasteiger partial charge in [0.15, 0.2) is 17.4 Å². The third-order valence-corrected chi connectivity index (χ3v) is 0. The molecule has 4 heteroatoms. The number of rotatable bonds is 0. The molecular formula is H14AlBGeSi. The normalized spacial score (nSPS) is 0. The first-order valence-electron chi connectivity index (χ1n) is 0. The predicted octanol–water partition coefficient (Wildman–Crippen LogP) is -5.27. The van der Waals surface area contributed by atoms with Crippen molar-refractivity contribution in [3.05, 3.63) is 0 Å². The maximum Gasteiger partial charge on any atom is -0.0149 e. The summed E-state index contributed by atoms with van der Waals surface area (Å²) in [5.41, 5.74) is 0. The van der Waals surface area contributed by atoms with Gasteiger partial charge in [-0.2, -0.15) is 0 Å². The van der Waals surface area contributed by atoms with Crippen molar-refractivity contribution < 1.29 is 0 Å². The Hall–Kier alpha value is 1.36. The summed E-state index contributed by atoms with van der Waals surface area (Å²) < 4.78 is 0. The fourth-order valence-electron chi connectivity index (χ4n) is 0. The van der Waals surface area contributed by atoms with E-state index in [1.165, 1.54) is 0 Å². The summed E-state index contributed by atoms with van der Waals surface area (Å²) in [4.78, 5) is 0. The van der Waals surface area contributed by atoms with Gasteiger partial charge < -0.3 is 0 Å². The smallest absolute Gasteiger partial charge is 0.0149 e. The van der Waals surface area contributed by atoms with Gasteiger partial charge in [0.25, 0.3) is 0 Å². The topological polar surface area (TPSA) is 0 Å². The maximum absolute atomic E-state index is 0. The van der Waals surface area contributed by atoms with Crippen LogP contribution in [0.25, 0.3) is 0 Å². The van der Waals surface area contributed by atoms with Crippen LogP contribution in [0.1, 0.15) is 0 Å². The minimum atomic E-state index is 0. The van der Waals surface area contributed by atoms with Crippen LogP contribution >= 0.6 is 0 Å². The van der Waals surface area contributed by atoms with E-state index in [0.29, 0.717) is 0 Å². The average Bonchev–Trinajstić information content (AvgIpc) is 0. The Labute approximate surface area is 54.4 Å². The van der Waals surface area contributed by atoms with Crippen LogP contribution in [0.3, 0.4) is 0 Å². The molecule has 0 aromatic heterocycles. The molecule has 0 fully saturated rings. The number of hydrogen-bond donors (Lipinski definition) is 0. The van der Waals surface area contributed by atoms with E-state index in [4.69, 9.17) is 0 Å². The van der Waals surface area contributed by atoms with Crippen LogP contribution in [-0.2, 0) is 0 Å². The summed E-state index contributed by atoms with van der Waals surface area (Å²) in [6, 6.07) is 0. The SMILES string of the molecule is B.[AlH3].[GeH4].[SiH4]. The first-order chi connectivity index (χ1) is 0. The first-order valence-corrected chi connectivity index (χ1v) is 0. The van der Waals surface area contributed by atoms with Crippen molar-refractivity contribution in [2.24, 2.45) is 0 Å². The van der Waals surface area contributed by atoms with E-state index in [0.717, 1.165) is 0 Å². The van der Waals surface area contributed by atoms with Gasteiger partial charge in [0.1, 0.15) is 0 Å². The van der Waals surface area contributed by atoms with Crippen molar-refractivity contribution in [1.82, 2.24) is 0 Å². The minimum Gasteiger partial charge on any atom is -0.0149 e. The van der Waals surface area contributed by atoms with Gasteiger partial charge in [-0.25, -0.2) is 0 Å². The standard InChI is InChI=1S/Al.BH3.GeH4.H4Si.3H/h;1H3;2*1H4;;;. The summed E-state index contributed by atoms with van der Waals surface area (Å²) in [6.45, 7) is 0. The first kappa shape index (κ1) is 55.2. The molecule has 0 rings (SSSR count). The second-order valence-electron chi connectivity index (χ2n) is 0. The molecule has 0 saturated heterocycles. The Balaban J connectivity index is 0. The van der Waals surface area contributed by atoms with E-state index in [-0.39, 0.29) is 54.3 Å². The second kappa shape index (κ2) is 26.7. The largest absolute Gasteiger partial charge is 0.0149 e. The van der Waals surface area contributed by atoms with Gasteiger partial charge in [0.05, 0.1) is 8.41 Å². The van der Waals surface area contributed by atoms with Gasteiger partial charge in [-0.15, -0.1) is 0 Å². The summed E-state index contributed by atoms with van der Waals surface area (Å²) in [7, 11) is 0. The van der Waals surface area contributed by atoms with Crippen molar-refractivity contribution in [3.8, 4) is 0 Å². The third kappa shape index (κ3) is 10.1. The maximum atomic E-state index is 0. The van der Waals surface area contributed by atoms with Crippen LogP contribution in [-0.4, -0.2) is 54.3 Å². The van der Waals surface area contributed by atoms with E-state index >= 15 is 0 Å². The van der Waals surface area contributed by atoms with Gasteiger partial charge >= 0.3 is 17.6 Å². The molecule has 0 nitrogen and oxygen atoms in total. The Morgan fingerprint density at radius 1 is 1.00 bits per heavy atom. The van der Waals surface area contributed by atoms with E-state index in [1.807, 2.05) is 0 Å². The number of hydrogen-bond acceptors (Lipinski definition) is 0. The average molecular weight is 153 g/mol. The zero-order chi connectivity index (χ0) is 0. The van der Waals surface area contributed by atoms with Crippen molar-refractivity contribution in [2.75, 3.05) is 0 Å². The molecule has 0 aliphatic rings. The van der Waals surface area contributed by atoms with Gasteiger partial charge in [-0.1, -0.05) is 0 Å². The van der Waals surface area contributed by atoms with Crippen LogP contribution in [0.4, 0.5) is 0 Å². The van der Waals surface area contributed by atoms with Gasteiger partial charge in [-0.3, -0.25) is 0 Å². The third-order valence-electron chi connectivity index (χ3n) is 0. The van der Waals surface area contributed by atoms with Crippen molar-refractivity contribution in [3.63, 3.8) is 0 Å². The molecule has 0 radical (unpaired) electrons. The molecule has 0 aliphatic carbocycles. The van der Waals surface area contributed by atoms with E-state index < -0.39 is 0 Å².